The normalized spacial score (nSPS) is 21.0. The van der Waals surface area contributed by atoms with Crippen molar-refractivity contribution in [2.45, 2.75) is 32.8 Å². The molecule has 0 aliphatic carbocycles. The van der Waals surface area contributed by atoms with Crippen LogP contribution in [0.25, 0.3) is 6.08 Å². The molecule has 5 heteroatoms. The Balaban J connectivity index is 1.55. The van der Waals surface area contributed by atoms with Gasteiger partial charge in [-0.3, -0.25) is 4.79 Å². The molecule has 1 aromatic carbocycles. The van der Waals surface area contributed by atoms with E-state index in [2.05, 4.69) is 36.2 Å². The van der Waals surface area contributed by atoms with E-state index in [1.165, 1.54) is 11.1 Å². The molecule has 1 saturated heterocycles. The Bertz CT molecular complexity index is 769. The lowest BCUT2D eigenvalue weighted by molar-refractivity contribution is -0.130. The molecule has 0 spiro atoms. The summed E-state index contributed by atoms with van der Waals surface area (Å²) in [4.78, 5) is 18.4. The highest BCUT2D eigenvalue weighted by Gasteiger charge is 2.29. The second kappa shape index (κ2) is 7.93. The highest BCUT2D eigenvalue weighted by molar-refractivity contribution is 7.09. The molecule has 2 aromatic rings. The van der Waals surface area contributed by atoms with E-state index in [1.807, 2.05) is 12.3 Å². The number of hydrogen-bond acceptors (Lipinski definition) is 4. The van der Waals surface area contributed by atoms with Crippen LogP contribution in [0, 0.1) is 19.8 Å². The summed E-state index contributed by atoms with van der Waals surface area (Å²) < 4.78 is 0. The molecular formula is C20H24N2O2S. The van der Waals surface area contributed by atoms with E-state index in [4.69, 9.17) is 0 Å². The van der Waals surface area contributed by atoms with Crippen molar-refractivity contribution < 1.29 is 9.90 Å². The zero-order chi connectivity index (χ0) is 17.8. The summed E-state index contributed by atoms with van der Waals surface area (Å²) in [6.45, 7) is 5.11. The van der Waals surface area contributed by atoms with Crippen LogP contribution in [0.4, 0.5) is 0 Å². The third-order valence-corrected chi connectivity index (χ3v) is 5.44. The van der Waals surface area contributed by atoms with E-state index in [-0.39, 0.29) is 11.8 Å². The molecule has 2 atom stereocenters. The van der Waals surface area contributed by atoms with Gasteiger partial charge in [-0.05, 0) is 44.2 Å². The van der Waals surface area contributed by atoms with Crippen molar-refractivity contribution in [2.24, 2.45) is 5.92 Å². The molecule has 0 unspecified atom stereocenters. The Morgan fingerprint density at radius 3 is 2.96 bits per heavy atom. The number of likely N-dealkylation sites (tertiary alicyclic amines) is 1. The average molecular weight is 356 g/mol. The van der Waals surface area contributed by atoms with Crippen LogP contribution in [0.2, 0.25) is 0 Å². The van der Waals surface area contributed by atoms with Gasteiger partial charge in [-0.2, -0.15) is 0 Å². The number of thiazole rings is 1. The lowest BCUT2D eigenvalue weighted by atomic mass is 9.87. The third kappa shape index (κ3) is 4.77. The summed E-state index contributed by atoms with van der Waals surface area (Å²) in [6, 6.07) is 8.41. The van der Waals surface area contributed by atoms with E-state index in [9.17, 15) is 9.90 Å². The number of β-amino-alcohol motifs (C(OH)–C–C–N with tert-alkyl or cyclic N) is 1. The van der Waals surface area contributed by atoms with E-state index in [1.54, 1.807) is 28.4 Å². The van der Waals surface area contributed by atoms with Crippen LogP contribution in [0.3, 0.4) is 0 Å². The fraction of sp³-hybridized carbons (Fsp3) is 0.400. The molecule has 1 aliphatic rings. The predicted octanol–water partition coefficient (Wildman–Crippen LogP) is 3.23. The molecule has 1 N–H and O–H groups in total. The molecule has 3 rings (SSSR count). The van der Waals surface area contributed by atoms with Crippen molar-refractivity contribution in [3.8, 4) is 0 Å². The molecule has 1 fully saturated rings. The van der Waals surface area contributed by atoms with Crippen molar-refractivity contribution in [1.29, 1.82) is 0 Å². The Morgan fingerprint density at radius 1 is 1.44 bits per heavy atom. The van der Waals surface area contributed by atoms with Crippen molar-refractivity contribution >= 4 is 23.3 Å². The number of aryl methyl sites for hydroxylation is 2. The van der Waals surface area contributed by atoms with Crippen LogP contribution >= 0.6 is 11.3 Å². The summed E-state index contributed by atoms with van der Waals surface area (Å²) in [5.41, 5.74) is 3.30. The molecule has 1 aliphatic heterocycles. The van der Waals surface area contributed by atoms with Gasteiger partial charge in [0.2, 0.25) is 5.91 Å². The lowest BCUT2D eigenvalue weighted by Gasteiger charge is -2.35. The maximum Gasteiger partial charge on any atom is 0.246 e. The highest BCUT2D eigenvalue weighted by atomic mass is 32.1. The van der Waals surface area contributed by atoms with Gasteiger partial charge >= 0.3 is 0 Å². The lowest BCUT2D eigenvalue weighted by Crippen LogP contribution is -2.46. The summed E-state index contributed by atoms with van der Waals surface area (Å²) >= 11 is 1.57. The minimum Gasteiger partial charge on any atom is -0.391 e. The zero-order valence-electron chi connectivity index (χ0n) is 14.7. The summed E-state index contributed by atoms with van der Waals surface area (Å²) in [5.74, 6) is 0.148. The first kappa shape index (κ1) is 17.8. The highest BCUT2D eigenvalue weighted by Crippen LogP contribution is 2.23. The van der Waals surface area contributed by atoms with Crippen molar-refractivity contribution in [2.75, 3.05) is 13.1 Å². The topological polar surface area (TPSA) is 53.4 Å². The van der Waals surface area contributed by atoms with Gasteiger partial charge < -0.3 is 10.0 Å². The van der Waals surface area contributed by atoms with Crippen molar-refractivity contribution in [1.82, 2.24) is 9.88 Å². The number of carbonyl (C=O) groups is 1. The van der Waals surface area contributed by atoms with Gasteiger partial charge in [0, 0.05) is 24.5 Å². The molecule has 0 saturated carbocycles. The van der Waals surface area contributed by atoms with Crippen molar-refractivity contribution in [3.05, 3.63) is 57.6 Å². The van der Waals surface area contributed by atoms with Gasteiger partial charge in [0.15, 0.2) is 0 Å². The molecule has 132 valence electrons. The second-order valence-electron chi connectivity index (χ2n) is 6.72. The molecule has 0 bridgehead atoms. The third-order valence-electron chi connectivity index (χ3n) is 4.65. The van der Waals surface area contributed by atoms with Gasteiger partial charge in [-0.15, -0.1) is 11.3 Å². The number of piperidine rings is 1. The number of rotatable bonds is 4. The van der Waals surface area contributed by atoms with Crippen LogP contribution in [0.5, 0.6) is 0 Å². The Hall–Kier alpha value is -1.98. The fourth-order valence-corrected chi connectivity index (χ4v) is 3.86. The summed E-state index contributed by atoms with van der Waals surface area (Å²) in [6.07, 6.45) is 4.51. The quantitative estimate of drug-likeness (QED) is 0.856. The van der Waals surface area contributed by atoms with Crippen LogP contribution in [0.1, 0.15) is 28.2 Å². The average Bonchev–Trinajstić information content (AvgIpc) is 3.00. The van der Waals surface area contributed by atoms with E-state index < -0.39 is 6.10 Å². The molecular weight excluding hydrogens is 332 g/mol. The monoisotopic (exact) mass is 356 g/mol. The Morgan fingerprint density at radius 2 is 2.28 bits per heavy atom. The number of amides is 1. The van der Waals surface area contributed by atoms with Crippen LogP contribution < -0.4 is 0 Å². The first-order chi connectivity index (χ1) is 12.0. The summed E-state index contributed by atoms with van der Waals surface area (Å²) in [5, 5.41) is 13.4. The minimum absolute atomic E-state index is 0.0568. The summed E-state index contributed by atoms with van der Waals surface area (Å²) in [7, 11) is 0. The maximum atomic E-state index is 12.3. The largest absolute Gasteiger partial charge is 0.391 e. The van der Waals surface area contributed by atoms with Crippen LogP contribution in [-0.4, -0.2) is 40.1 Å². The molecule has 1 amide bonds. The molecule has 25 heavy (non-hydrogen) atoms. The van der Waals surface area contributed by atoms with E-state index >= 15 is 0 Å². The number of aliphatic hydroxyl groups excluding tert-OH is 1. The molecule has 2 heterocycles. The standard InChI is InChI=1S/C20H24N2O2S/c1-14-4-3-5-16(10-14)11-17-8-9-22(12-19(17)23)20(24)7-6-18-13-25-15(2)21-18/h3-7,10,13,17,19,23H,8-9,11-12H2,1-2H3/b7-6+/t17-,19-/m1/s1. The van der Waals surface area contributed by atoms with Crippen LogP contribution in [-0.2, 0) is 11.2 Å². The van der Waals surface area contributed by atoms with Crippen molar-refractivity contribution in [3.63, 3.8) is 0 Å². The van der Waals surface area contributed by atoms with Gasteiger partial charge in [0.05, 0.1) is 16.8 Å². The number of carbonyl (C=O) groups excluding carboxylic acids is 1. The number of aliphatic hydroxyl groups is 1. The van der Waals surface area contributed by atoms with E-state index in [0.717, 1.165) is 23.5 Å². The zero-order valence-corrected chi connectivity index (χ0v) is 15.5. The van der Waals surface area contributed by atoms with Gasteiger partial charge in [0.1, 0.15) is 0 Å². The number of nitrogens with zero attached hydrogens (tertiary/aromatic N) is 2. The molecule has 4 nitrogen and oxygen atoms in total. The second-order valence-corrected chi connectivity index (χ2v) is 7.78. The Kier molecular flexibility index (Phi) is 5.66. The number of benzene rings is 1. The van der Waals surface area contributed by atoms with E-state index in [0.29, 0.717) is 13.1 Å². The van der Waals surface area contributed by atoms with Gasteiger partial charge in [-0.1, -0.05) is 29.8 Å². The maximum absolute atomic E-state index is 12.3. The number of aromatic nitrogens is 1. The van der Waals surface area contributed by atoms with Gasteiger partial charge in [0.25, 0.3) is 0 Å². The van der Waals surface area contributed by atoms with Gasteiger partial charge in [-0.25, -0.2) is 4.98 Å². The Labute approximate surface area is 152 Å². The fourth-order valence-electron chi connectivity index (χ4n) is 3.28. The first-order valence-corrected chi connectivity index (χ1v) is 9.52. The predicted molar refractivity (Wildman–Crippen MR) is 101 cm³/mol. The molecule has 1 aromatic heterocycles. The minimum atomic E-state index is -0.479. The number of hydrogen-bond donors (Lipinski definition) is 1. The smallest absolute Gasteiger partial charge is 0.246 e. The van der Waals surface area contributed by atoms with Crippen LogP contribution in [0.15, 0.2) is 35.7 Å². The SMILES string of the molecule is Cc1cccc(C[C@H]2CCN(C(=O)/C=C/c3csc(C)n3)C[C@H]2O)c1. The molecule has 0 radical (unpaired) electrons. The first-order valence-electron chi connectivity index (χ1n) is 8.64.